The van der Waals surface area contributed by atoms with E-state index in [1.807, 2.05) is 18.2 Å². The number of hydrogen-bond donors (Lipinski definition) is 1. The molecule has 0 aliphatic rings. The smallest absolute Gasteiger partial charge is 0.134 e. The molecule has 3 aromatic heterocycles. The minimum Gasteiger partial charge on any atom is -0.506 e. The van der Waals surface area contributed by atoms with Gasteiger partial charge in [0.1, 0.15) is 11.8 Å². The van der Waals surface area contributed by atoms with Crippen molar-refractivity contribution in [2.24, 2.45) is 0 Å². The minimum atomic E-state index is 0.0794. The summed E-state index contributed by atoms with van der Waals surface area (Å²) >= 11 is 0. The molecule has 0 atom stereocenters. The second-order valence-corrected chi connectivity index (χ2v) is 3.79. The van der Waals surface area contributed by atoms with Gasteiger partial charge >= 0.3 is 0 Å². The molecule has 0 aromatic carbocycles. The summed E-state index contributed by atoms with van der Waals surface area (Å²) < 4.78 is 1.48. The lowest BCUT2D eigenvalue weighted by Crippen LogP contribution is -1.91. The average molecular weight is 236 g/mol. The van der Waals surface area contributed by atoms with Gasteiger partial charge in [0.05, 0.1) is 29.2 Å². The maximum atomic E-state index is 9.68. The van der Waals surface area contributed by atoms with Crippen LogP contribution < -0.4 is 0 Å². The van der Waals surface area contributed by atoms with Gasteiger partial charge in [0.15, 0.2) is 0 Å². The highest BCUT2D eigenvalue weighted by atomic mass is 16.3. The van der Waals surface area contributed by atoms with Crippen molar-refractivity contribution in [2.75, 3.05) is 0 Å². The lowest BCUT2D eigenvalue weighted by molar-refractivity contribution is 0.471. The number of nitrogens with zero attached hydrogens (tertiary/aromatic N) is 4. The zero-order valence-corrected chi connectivity index (χ0v) is 9.28. The summed E-state index contributed by atoms with van der Waals surface area (Å²) in [4.78, 5) is 4.23. The van der Waals surface area contributed by atoms with Gasteiger partial charge in [0.25, 0.3) is 0 Å². The Morgan fingerprint density at radius 3 is 2.94 bits per heavy atom. The number of nitriles is 1. The van der Waals surface area contributed by atoms with Gasteiger partial charge in [0.2, 0.25) is 0 Å². The molecule has 3 aromatic rings. The van der Waals surface area contributed by atoms with Crippen molar-refractivity contribution in [3.8, 4) is 23.1 Å². The quantitative estimate of drug-likeness (QED) is 0.701. The van der Waals surface area contributed by atoms with E-state index in [4.69, 9.17) is 5.26 Å². The average Bonchev–Trinajstić information content (AvgIpc) is 2.81. The van der Waals surface area contributed by atoms with Crippen LogP contribution in [0.1, 0.15) is 5.56 Å². The summed E-state index contributed by atoms with van der Waals surface area (Å²) in [7, 11) is 0. The van der Waals surface area contributed by atoms with E-state index in [1.54, 1.807) is 12.3 Å². The van der Waals surface area contributed by atoms with E-state index in [9.17, 15) is 5.11 Å². The fraction of sp³-hybridized carbons (Fsp3) is 0. The predicted octanol–water partition coefficient (Wildman–Crippen LogP) is 1.97. The van der Waals surface area contributed by atoms with E-state index in [0.29, 0.717) is 22.3 Å². The van der Waals surface area contributed by atoms with Crippen LogP contribution in [0.15, 0.2) is 42.9 Å². The zero-order chi connectivity index (χ0) is 12.5. The summed E-state index contributed by atoms with van der Waals surface area (Å²) in [6, 6.07) is 9.16. The number of aromatic hydroxyl groups is 1. The summed E-state index contributed by atoms with van der Waals surface area (Å²) in [6.45, 7) is 0. The normalized spacial score (nSPS) is 10.4. The molecule has 86 valence electrons. The summed E-state index contributed by atoms with van der Waals surface area (Å²) in [5.41, 5.74) is 2.48. The Labute approximate surface area is 103 Å². The van der Waals surface area contributed by atoms with Crippen LogP contribution in [0.3, 0.4) is 0 Å². The minimum absolute atomic E-state index is 0.0794. The van der Waals surface area contributed by atoms with Crippen LogP contribution >= 0.6 is 0 Å². The Hall–Kier alpha value is -2.87. The van der Waals surface area contributed by atoms with Gasteiger partial charge in [-0.1, -0.05) is 6.07 Å². The van der Waals surface area contributed by atoms with E-state index in [0.717, 1.165) is 0 Å². The van der Waals surface area contributed by atoms with Crippen molar-refractivity contribution in [3.63, 3.8) is 0 Å². The Kier molecular flexibility index (Phi) is 2.21. The molecule has 18 heavy (non-hydrogen) atoms. The van der Waals surface area contributed by atoms with Gasteiger partial charge in [-0.05, 0) is 18.2 Å². The van der Waals surface area contributed by atoms with Gasteiger partial charge in [-0.3, -0.25) is 4.98 Å². The standard InChI is InChI=1S/C13H8N4O/c14-6-9-7-16-17-8-10(18)5-11(13(9)17)12-3-1-2-4-15-12/h1-5,7-8,18H. The lowest BCUT2D eigenvalue weighted by Gasteiger charge is -2.05. The van der Waals surface area contributed by atoms with Crippen LogP contribution in [-0.2, 0) is 0 Å². The zero-order valence-electron chi connectivity index (χ0n) is 9.28. The summed E-state index contributed by atoms with van der Waals surface area (Å²) in [5, 5.41) is 22.8. The number of aromatic nitrogens is 3. The van der Waals surface area contributed by atoms with E-state index < -0.39 is 0 Å². The van der Waals surface area contributed by atoms with Crippen LogP contribution in [0.25, 0.3) is 16.8 Å². The third-order valence-electron chi connectivity index (χ3n) is 2.66. The van der Waals surface area contributed by atoms with E-state index in [1.165, 1.54) is 16.9 Å². The molecule has 0 spiro atoms. The first-order chi connectivity index (χ1) is 8.79. The third-order valence-corrected chi connectivity index (χ3v) is 2.66. The summed E-state index contributed by atoms with van der Waals surface area (Å²) in [5.74, 6) is 0.0794. The Bertz CT molecular complexity index is 756. The highest BCUT2D eigenvalue weighted by Gasteiger charge is 2.12. The number of rotatable bonds is 1. The van der Waals surface area contributed by atoms with Crippen molar-refractivity contribution in [3.05, 3.63) is 48.4 Å². The molecule has 0 fully saturated rings. The van der Waals surface area contributed by atoms with E-state index >= 15 is 0 Å². The molecule has 0 amide bonds. The maximum absolute atomic E-state index is 9.68. The number of fused-ring (bicyclic) bond motifs is 1. The van der Waals surface area contributed by atoms with Crippen LogP contribution in [0.2, 0.25) is 0 Å². The number of pyridine rings is 2. The van der Waals surface area contributed by atoms with Gasteiger partial charge in [-0.25, -0.2) is 4.52 Å². The first kappa shape index (κ1) is 10.3. The Morgan fingerprint density at radius 1 is 1.33 bits per heavy atom. The molecule has 0 saturated heterocycles. The summed E-state index contributed by atoms with van der Waals surface area (Å²) in [6.07, 6.45) is 4.60. The first-order valence-corrected chi connectivity index (χ1v) is 5.31. The molecule has 0 aliphatic heterocycles. The molecule has 0 aliphatic carbocycles. The molecule has 0 bridgehead atoms. The van der Waals surface area contributed by atoms with Crippen molar-refractivity contribution >= 4 is 5.52 Å². The second kappa shape index (κ2) is 3.86. The Balaban J connectivity index is 2.41. The third kappa shape index (κ3) is 1.48. The topological polar surface area (TPSA) is 74.2 Å². The molecule has 5 heteroatoms. The SMILES string of the molecule is N#Cc1cnn2cc(O)cc(-c3ccccn3)c12. The monoisotopic (exact) mass is 236 g/mol. The molecular weight excluding hydrogens is 228 g/mol. The van der Waals surface area contributed by atoms with Gasteiger partial charge in [0, 0.05) is 11.8 Å². The van der Waals surface area contributed by atoms with Crippen molar-refractivity contribution in [1.29, 1.82) is 5.26 Å². The second-order valence-electron chi connectivity index (χ2n) is 3.79. The van der Waals surface area contributed by atoms with Crippen LogP contribution in [0.5, 0.6) is 5.75 Å². The highest BCUT2D eigenvalue weighted by molar-refractivity contribution is 5.83. The first-order valence-electron chi connectivity index (χ1n) is 5.31. The fourth-order valence-corrected chi connectivity index (χ4v) is 1.91. The van der Waals surface area contributed by atoms with Crippen molar-refractivity contribution in [1.82, 2.24) is 14.6 Å². The Morgan fingerprint density at radius 2 is 2.22 bits per heavy atom. The number of hydrogen-bond acceptors (Lipinski definition) is 4. The van der Waals surface area contributed by atoms with Crippen molar-refractivity contribution < 1.29 is 5.11 Å². The van der Waals surface area contributed by atoms with Crippen LogP contribution in [0, 0.1) is 11.3 Å². The molecule has 0 saturated carbocycles. The molecule has 0 radical (unpaired) electrons. The largest absolute Gasteiger partial charge is 0.506 e. The molecule has 1 N–H and O–H groups in total. The van der Waals surface area contributed by atoms with E-state index in [2.05, 4.69) is 16.2 Å². The van der Waals surface area contributed by atoms with E-state index in [-0.39, 0.29) is 5.75 Å². The molecular formula is C13H8N4O. The maximum Gasteiger partial charge on any atom is 0.134 e. The lowest BCUT2D eigenvalue weighted by atomic mass is 10.1. The van der Waals surface area contributed by atoms with Crippen LogP contribution in [0.4, 0.5) is 0 Å². The molecule has 5 nitrogen and oxygen atoms in total. The molecule has 0 unspecified atom stereocenters. The molecule has 3 rings (SSSR count). The van der Waals surface area contributed by atoms with Gasteiger partial charge < -0.3 is 5.11 Å². The highest BCUT2D eigenvalue weighted by Crippen LogP contribution is 2.28. The molecule has 3 heterocycles. The van der Waals surface area contributed by atoms with Crippen molar-refractivity contribution in [2.45, 2.75) is 0 Å². The predicted molar refractivity (Wildman–Crippen MR) is 64.8 cm³/mol. The van der Waals surface area contributed by atoms with Gasteiger partial charge in [-0.2, -0.15) is 10.4 Å². The fourth-order valence-electron chi connectivity index (χ4n) is 1.91. The van der Waals surface area contributed by atoms with Gasteiger partial charge in [-0.15, -0.1) is 0 Å². The van der Waals surface area contributed by atoms with Crippen LogP contribution in [-0.4, -0.2) is 19.7 Å².